The molecule has 2 amide bonds. The van der Waals surface area contributed by atoms with Crippen LogP contribution in [0.5, 0.6) is 0 Å². The Morgan fingerprint density at radius 2 is 2.25 bits per heavy atom. The minimum atomic E-state index is -4.69. The molecule has 1 aliphatic heterocycles. The monoisotopic (exact) mass is 350 g/mol. The van der Waals surface area contributed by atoms with Crippen LogP contribution in [0.1, 0.15) is 18.1 Å². The second-order valence-corrected chi connectivity index (χ2v) is 5.29. The van der Waals surface area contributed by atoms with Gasteiger partial charge in [0.2, 0.25) is 11.8 Å². The van der Waals surface area contributed by atoms with Crippen molar-refractivity contribution in [3.8, 4) is 0 Å². The van der Waals surface area contributed by atoms with Crippen LogP contribution in [0.4, 0.5) is 13.2 Å². The van der Waals surface area contributed by atoms with Gasteiger partial charge < -0.3 is 19.5 Å². The summed E-state index contributed by atoms with van der Waals surface area (Å²) in [4.78, 5) is 28.5. The summed E-state index contributed by atoms with van der Waals surface area (Å²) in [5, 5.41) is 5.77. The summed E-state index contributed by atoms with van der Waals surface area (Å²) < 4.78 is 45.9. The number of hydrogen-bond acceptors (Lipinski definition) is 6. The number of likely N-dealkylation sites (tertiary alicyclic amines) is 1. The van der Waals surface area contributed by atoms with E-state index >= 15 is 0 Å². The maximum Gasteiger partial charge on any atom is 0.471 e. The number of nitrogens with one attached hydrogen (secondary N) is 1. The van der Waals surface area contributed by atoms with Crippen LogP contribution >= 0.6 is 0 Å². The maximum atomic E-state index is 12.3. The van der Waals surface area contributed by atoms with E-state index in [1.165, 1.54) is 7.11 Å². The molecule has 0 aliphatic carbocycles. The van der Waals surface area contributed by atoms with E-state index in [-0.39, 0.29) is 37.0 Å². The highest BCUT2D eigenvalue weighted by atomic mass is 19.4. The SMILES string of the molecule is COCCN1CC(C(=O)NCCc2noc(C(F)(F)F)n2)CC1=O. The number of carbonyl (C=O) groups excluding carboxylic acids is 2. The van der Waals surface area contributed by atoms with Gasteiger partial charge in [-0.05, 0) is 0 Å². The molecular weight excluding hydrogens is 333 g/mol. The Bertz CT molecular complexity index is 590. The van der Waals surface area contributed by atoms with Crippen molar-refractivity contribution in [3.05, 3.63) is 11.7 Å². The molecule has 134 valence electrons. The van der Waals surface area contributed by atoms with E-state index in [9.17, 15) is 22.8 Å². The minimum absolute atomic E-state index is 0.000620. The van der Waals surface area contributed by atoms with Crippen LogP contribution in [-0.2, 0) is 26.9 Å². The van der Waals surface area contributed by atoms with Gasteiger partial charge >= 0.3 is 12.1 Å². The standard InChI is InChI=1S/C13H17F3N4O4/c1-23-5-4-20-7-8(6-10(20)21)11(22)17-3-2-9-18-12(24-19-9)13(14,15)16/h8H,2-7H2,1H3,(H,17,22). The second kappa shape index (κ2) is 7.60. The number of ether oxygens (including phenoxy) is 1. The van der Waals surface area contributed by atoms with Crippen molar-refractivity contribution >= 4 is 11.8 Å². The molecule has 1 saturated heterocycles. The van der Waals surface area contributed by atoms with E-state index in [1.807, 2.05) is 0 Å². The summed E-state index contributed by atoms with van der Waals surface area (Å²) in [7, 11) is 1.52. The zero-order valence-corrected chi connectivity index (χ0v) is 12.9. The van der Waals surface area contributed by atoms with Gasteiger partial charge in [-0.1, -0.05) is 5.16 Å². The molecule has 0 aromatic carbocycles. The fourth-order valence-corrected chi connectivity index (χ4v) is 2.28. The van der Waals surface area contributed by atoms with Crippen molar-refractivity contribution in [3.63, 3.8) is 0 Å². The maximum absolute atomic E-state index is 12.3. The Kier molecular flexibility index (Phi) is 5.75. The van der Waals surface area contributed by atoms with Gasteiger partial charge in [0.05, 0.1) is 12.5 Å². The number of alkyl halides is 3. The Morgan fingerprint density at radius 1 is 1.50 bits per heavy atom. The Balaban J connectivity index is 1.76. The summed E-state index contributed by atoms with van der Waals surface area (Å²) in [6.07, 6.45) is -4.58. The molecule has 1 N–H and O–H groups in total. The lowest BCUT2D eigenvalue weighted by Gasteiger charge is -2.15. The third-order valence-corrected chi connectivity index (χ3v) is 3.51. The lowest BCUT2D eigenvalue weighted by atomic mass is 10.1. The molecule has 1 unspecified atom stereocenters. The first-order valence-corrected chi connectivity index (χ1v) is 7.25. The Hall–Kier alpha value is -2.17. The van der Waals surface area contributed by atoms with E-state index in [0.29, 0.717) is 19.7 Å². The van der Waals surface area contributed by atoms with Crippen molar-refractivity contribution in [2.75, 3.05) is 33.4 Å². The Morgan fingerprint density at radius 3 is 2.88 bits per heavy atom. The van der Waals surface area contributed by atoms with E-state index in [4.69, 9.17) is 4.74 Å². The first-order valence-electron chi connectivity index (χ1n) is 7.25. The van der Waals surface area contributed by atoms with Crippen LogP contribution in [0.15, 0.2) is 4.52 Å². The number of aromatic nitrogens is 2. The summed E-state index contributed by atoms with van der Waals surface area (Å²) in [6, 6.07) is 0. The van der Waals surface area contributed by atoms with Gasteiger partial charge in [-0.2, -0.15) is 18.2 Å². The van der Waals surface area contributed by atoms with Crippen LogP contribution in [0, 0.1) is 5.92 Å². The molecule has 2 rings (SSSR count). The van der Waals surface area contributed by atoms with E-state index < -0.39 is 18.0 Å². The summed E-state index contributed by atoms with van der Waals surface area (Å²) in [5.41, 5.74) is 0. The number of methoxy groups -OCH3 is 1. The average molecular weight is 350 g/mol. The minimum Gasteiger partial charge on any atom is -0.383 e. The molecule has 1 aromatic heterocycles. The third-order valence-electron chi connectivity index (χ3n) is 3.51. The zero-order valence-electron chi connectivity index (χ0n) is 12.9. The highest BCUT2D eigenvalue weighted by Crippen LogP contribution is 2.27. The molecular formula is C13H17F3N4O4. The van der Waals surface area contributed by atoms with Crippen LogP contribution in [0.25, 0.3) is 0 Å². The molecule has 0 radical (unpaired) electrons. The molecule has 1 aliphatic rings. The summed E-state index contributed by atoms with van der Waals surface area (Å²) in [6.45, 7) is 1.16. The van der Waals surface area contributed by atoms with Crippen molar-refractivity contribution in [1.82, 2.24) is 20.4 Å². The second-order valence-electron chi connectivity index (χ2n) is 5.29. The fourth-order valence-electron chi connectivity index (χ4n) is 2.28. The zero-order chi connectivity index (χ0) is 17.7. The largest absolute Gasteiger partial charge is 0.471 e. The average Bonchev–Trinajstić information content (AvgIpc) is 3.12. The van der Waals surface area contributed by atoms with Crippen LogP contribution in [-0.4, -0.2) is 60.2 Å². The van der Waals surface area contributed by atoms with Gasteiger partial charge in [-0.3, -0.25) is 9.59 Å². The topological polar surface area (TPSA) is 97.6 Å². The fraction of sp³-hybridized carbons (Fsp3) is 0.692. The van der Waals surface area contributed by atoms with Crippen LogP contribution in [0.3, 0.4) is 0 Å². The summed E-state index contributed by atoms with van der Waals surface area (Å²) >= 11 is 0. The van der Waals surface area contributed by atoms with Gasteiger partial charge in [0.25, 0.3) is 0 Å². The Labute approximate surface area is 135 Å². The van der Waals surface area contributed by atoms with Crippen molar-refractivity contribution < 1.29 is 32.0 Å². The van der Waals surface area contributed by atoms with Crippen molar-refractivity contribution in [2.45, 2.75) is 19.0 Å². The van der Waals surface area contributed by atoms with Crippen molar-refractivity contribution in [1.29, 1.82) is 0 Å². The number of rotatable bonds is 7. The molecule has 0 spiro atoms. The number of carbonyl (C=O) groups is 2. The molecule has 1 aromatic rings. The molecule has 8 nitrogen and oxygen atoms in total. The number of nitrogens with zero attached hydrogens (tertiary/aromatic N) is 3. The van der Waals surface area contributed by atoms with E-state index in [0.717, 1.165) is 0 Å². The van der Waals surface area contributed by atoms with Crippen LogP contribution < -0.4 is 5.32 Å². The molecule has 2 heterocycles. The molecule has 1 atom stereocenters. The smallest absolute Gasteiger partial charge is 0.383 e. The highest BCUT2D eigenvalue weighted by Gasteiger charge is 2.38. The lowest BCUT2D eigenvalue weighted by molar-refractivity contribution is -0.159. The van der Waals surface area contributed by atoms with Gasteiger partial charge in [0.15, 0.2) is 5.82 Å². The predicted molar refractivity (Wildman–Crippen MR) is 72.6 cm³/mol. The van der Waals surface area contributed by atoms with E-state index in [1.54, 1.807) is 4.90 Å². The van der Waals surface area contributed by atoms with Gasteiger partial charge in [0.1, 0.15) is 0 Å². The number of halogens is 3. The lowest BCUT2D eigenvalue weighted by Crippen LogP contribution is -2.35. The third kappa shape index (κ3) is 4.66. The van der Waals surface area contributed by atoms with Gasteiger partial charge in [-0.25, -0.2) is 0 Å². The molecule has 1 fully saturated rings. The first kappa shape index (κ1) is 18.2. The molecule has 24 heavy (non-hydrogen) atoms. The van der Waals surface area contributed by atoms with Gasteiger partial charge in [0, 0.05) is 39.6 Å². The quantitative estimate of drug-likeness (QED) is 0.757. The number of hydrogen-bond donors (Lipinski definition) is 1. The normalized spacial score (nSPS) is 18.2. The molecule has 11 heteroatoms. The molecule has 0 bridgehead atoms. The summed E-state index contributed by atoms with van der Waals surface area (Å²) in [5.74, 6) is -2.50. The van der Waals surface area contributed by atoms with Crippen LogP contribution in [0.2, 0.25) is 0 Å². The number of amides is 2. The van der Waals surface area contributed by atoms with E-state index in [2.05, 4.69) is 20.0 Å². The van der Waals surface area contributed by atoms with Crippen molar-refractivity contribution in [2.24, 2.45) is 5.92 Å². The van der Waals surface area contributed by atoms with Gasteiger partial charge in [-0.15, -0.1) is 0 Å². The first-order chi connectivity index (χ1) is 11.3. The highest BCUT2D eigenvalue weighted by molar-refractivity contribution is 5.89. The predicted octanol–water partition coefficient (Wildman–Crippen LogP) is 0.242. The molecule has 0 saturated carbocycles.